The highest BCUT2D eigenvalue weighted by molar-refractivity contribution is 5.85. The molecule has 0 aliphatic heterocycles. The summed E-state index contributed by atoms with van der Waals surface area (Å²) in [6.45, 7) is 10.1. The average molecular weight is 329 g/mol. The van der Waals surface area contributed by atoms with Gasteiger partial charge in [-0.25, -0.2) is 0 Å². The summed E-state index contributed by atoms with van der Waals surface area (Å²) >= 11 is 0. The molecule has 22 heavy (non-hydrogen) atoms. The number of halogens is 1. The van der Waals surface area contributed by atoms with E-state index in [9.17, 15) is 4.79 Å². The Morgan fingerprint density at radius 3 is 2.14 bits per heavy atom. The molecule has 5 heteroatoms. The van der Waals surface area contributed by atoms with Gasteiger partial charge in [-0.1, -0.05) is 26.0 Å². The first-order chi connectivity index (χ1) is 9.79. The quantitative estimate of drug-likeness (QED) is 0.805. The van der Waals surface area contributed by atoms with Crippen molar-refractivity contribution in [1.29, 1.82) is 0 Å². The van der Waals surface area contributed by atoms with Crippen molar-refractivity contribution in [2.24, 2.45) is 11.7 Å². The zero-order valence-electron chi connectivity index (χ0n) is 14.1. The Hall–Kier alpha value is -1.26. The summed E-state index contributed by atoms with van der Waals surface area (Å²) in [6, 6.07) is 7.27. The number of hydrogen-bond acceptors (Lipinski definition) is 3. The van der Waals surface area contributed by atoms with Gasteiger partial charge in [-0.15, -0.1) is 12.4 Å². The van der Waals surface area contributed by atoms with Crippen LogP contribution in [-0.2, 0) is 4.79 Å². The van der Waals surface area contributed by atoms with Gasteiger partial charge in [0, 0.05) is 0 Å². The normalized spacial score (nSPS) is 13.5. The summed E-state index contributed by atoms with van der Waals surface area (Å²) in [4.78, 5) is 12.0. The summed E-state index contributed by atoms with van der Waals surface area (Å²) in [5.74, 6) is 1.15. The molecule has 0 heterocycles. The lowest BCUT2D eigenvalue weighted by Gasteiger charge is -2.19. The van der Waals surface area contributed by atoms with E-state index in [4.69, 9.17) is 10.5 Å². The number of carbonyl (C=O) groups is 1. The van der Waals surface area contributed by atoms with Crippen LogP contribution in [0.1, 0.15) is 52.6 Å². The van der Waals surface area contributed by atoms with Gasteiger partial charge in [0.25, 0.3) is 0 Å². The predicted molar refractivity (Wildman–Crippen MR) is 93.4 cm³/mol. The van der Waals surface area contributed by atoms with Gasteiger partial charge >= 0.3 is 0 Å². The molecule has 4 nitrogen and oxygen atoms in total. The summed E-state index contributed by atoms with van der Waals surface area (Å²) < 4.78 is 5.60. The number of carbonyl (C=O) groups excluding carboxylic acids is 1. The van der Waals surface area contributed by atoms with Crippen molar-refractivity contribution < 1.29 is 9.53 Å². The molecule has 2 atom stereocenters. The van der Waals surface area contributed by atoms with E-state index in [-0.39, 0.29) is 30.5 Å². The lowest BCUT2D eigenvalue weighted by atomic mass is 10.0. The Morgan fingerprint density at radius 1 is 1.14 bits per heavy atom. The molecule has 3 N–H and O–H groups in total. The smallest absolute Gasteiger partial charge is 0.237 e. The number of ether oxygens (including phenoxy) is 1. The van der Waals surface area contributed by atoms with E-state index in [0.29, 0.717) is 12.3 Å². The fourth-order valence-electron chi connectivity index (χ4n) is 2.13. The van der Waals surface area contributed by atoms with Gasteiger partial charge in [0.2, 0.25) is 5.91 Å². The van der Waals surface area contributed by atoms with Crippen molar-refractivity contribution in [1.82, 2.24) is 5.32 Å². The Morgan fingerprint density at radius 2 is 1.68 bits per heavy atom. The highest BCUT2D eigenvalue weighted by Gasteiger charge is 2.17. The van der Waals surface area contributed by atoms with Crippen LogP contribution >= 0.6 is 12.4 Å². The minimum absolute atomic E-state index is 0. The number of nitrogens with one attached hydrogen (secondary N) is 1. The molecule has 0 aliphatic carbocycles. The molecule has 0 saturated carbocycles. The minimum Gasteiger partial charge on any atom is -0.491 e. The molecular weight excluding hydrogens is 300 g/mol. The second-order valence-electron chi connectivity index (χ2n) is 6.20. The van der Waals surface area contributed by atoms with Crippen LogP contribution < -0.4 is 15.8 Å². The number of rotatable bonds is 7. The molecule has 0 aromatic heterocycles. The van der Waals surface area contributed by atoms with Crippen LogP contribution in [0, 0.1) is 5.92 Å². The molecule has 0 fully saturated rings. The summed E-state index contributed by atoms with van der Waals surface area (Å²) in [5.41, 5.74) is 6.93. The van der Waals surface area contributed by atoms with Gasteiger partial charge in [0.1, 0.15) is 5.75 Å². The van der Waals surface area contributed by atoms with E-state index < -0.39 is 6.04 Å². The van der Waals surface area contributed by atoms with E-state index in [1.165, 1.54) is 0 Å². The number of amides is 1. The fourth-order valence-corrected chi connectivity index (χ4v) is 2.13. The Bertz CT molecular complexity index is 446. The van der Waals surface area contributed by atoms with Gasteiger partial charge in [0.15, 0.2) is 0 Å². The molecule has 0 bridgehead atoms. The lowest BCUT2D eigenvalue weighted by molar-refractivity contribution is -0.123. The molecule has 1 aromatic carbocycles. The van der Waals surface area contributed by atoms with Gasteiger partial charge in [0.05, 0.1) is 18.2 Å². The Balaban J connectivity index is 0.00000441. The molecule has 1 amide bonds. The van der Waals surface area contributed by atoms with Crippen LogP contribution in [0.2, 0.25) is 0 Å². The minimum atomic E-state index is -0.448. The maximum atomic E-state index is 12.0. The largest absolute Gasteiger partial charge is 0.491 e. The molecule has 126 valence electrons. The van der Waals surface area contributed by atoms with Crippen LogP contribution in [0.5, 0.6) is 5.75 Å². The van der Waals surface area contributed by atoms with Crippen LogP contribution in [-0.4, -0.2) is 18.1 Å². The number of benzene rings is 1. The third-order valence-corrected chi connectivity index (χ3v) is 3.17. The third-order valence-electron chi connectivity index (χ3n) is 3.17. The average Bonchev–Trinajstić information content (AvgIpc) is 2.37. The van der Waals surface area contributed by atoms with Crippen LogP contribution in [0.25, 0.3) is 0 Å². The molecule has 1 rings (SSSR count). The SMILES string of the molecule is CC(C)C[C@H](N)C(=O)NC(C)c1ccc(OC(C)C)cc1.Cl. The maximum Gasteiger partial charge on any atom is 0.237 e. The Kier molecular flexibility index (Phi) is 9.14. The highest BCUT2D eigenvalue weighted by atomic mass is 35.5. The van der Waals surface area contributed by atoms with E-state index >= 15 is 0 Å². The zero-order chi connectivity index (χ0) is 16.0. The second-order valence-corrected chi connectivity index (χ2v) is 6.20. The van der Waals surface area contributed by atoms with Crippen LogP contribution in [0.15, 0.2) is 24.3 Å². The third kappa shape index (κ3) is 7.14. The molecule has 0 spiro atoms. The topological polar surface area (TPSA) is 64.4 Å². The standard InChI is InChI=1S/C17H28N2O2.ClH/c1-11(2)10-16(18)17(20)19-13(5)14-6-8-15(9-7-14)21-12(3)4;/h6-9,11-13,16H,10,18H2,1-5H3,(H,19,20);1H/t13?,16-;/m0./s1. The van der Waals surface area contributed by atoms with Gasteiger partial charge in [-0.05, 0) is 50.8 Å². The molecule has 0 saturated heterocycles. The van der Waals surface area contributed by atoms with Gasteiger partial charge in [-0.3, -0.25) is 4.79 Å². The van der Waals surface area contributed by atoms with Crippen molar-refractivity contribution in [2.75, 3.05) is 0 Å². The number of hydrogen-bond donors (Lipinski definition) is 2. The lowest BCUT2D eigenvalue weighted by Crippen LogP contribution is -2.42. The summed E-state index contributed by atoms with van der Waals surface area (Å²) in [5, 5.41) is 2.96. The zero-order valence-corrected chi connectivity index (χ0v) is 14.9. The first kappa shape index (κ1) is 20.7. The van der Waals surface area contributed by atoms with Crippen molar-refractivity contribution >= 4 is 18.3 Å². The Labute approximate surface area is 140 Å². The van der Waals surface area contributed by atoms with E-state index in [2.05, 4.69) is 19.2 Å². The van der Waals surface area contributed by atoms with Crippen molar-refractivity contribution in [2.45, 2.75) is 59.2 Å². The second kappa shape index (κ2) is 9.70. The monoisotopic (exact) mass is 328 g/mol. The summed E-state index contributed by atoms with van der Waals surface area (Å²) in [6.07, 6.45) is 0.849. The highest BCUT2D eigenvalue weighted by Crippen LogP contribution is 2.18. The van der Waals surface area contributed by atoms with Crippen molar-refractivity contribution in [3.8, 4) is 5.75 Å². The molecule has 1 aromatic rings. The van der Waals surface area contributed by atoms with Crippen LogP contribution in [0.3, 0.4) is 0 Å². The summed E-state index contributed by atoms with van der Waals surface area (Å²) in [7, 11) is 0. The fraction of sp³-hybridized carbons (Fsp3) is 0.588. The molecular formula is C17H29ClN2O2. The number of nitrogens with two attached hydrogens (primary N) is 1. The molecule has 1 unspecified atom stereocenters. The molecule has 0 radical (unpaired) electrons. The molecule has 0 aliphatic rings. The van der Waals surface area contributed by atoms with E-state index in [1.54, 1.807) is 0 Å². The first-order valence-electron chi connectivity index (χ1n) is 7.62. The van der Waals surface area contributed by atoms with E-state index in [1.807, 2.05) is 45.0 Å². The van der Waals surface area contributed by atoms with Crippen molar-refractivity contribution in [3.05, 3.63) is 29.8 Å². The van der Waals surface area contributed by atoms with Crippen LogP contribution in [0.4, 0.5) is 0 Å². The maximum absolute atomic E-state index is 12.0. The first-order valence-corrected chi connectivity index (χ1v) is 7.62. The predicted octanol–water partition coefficient (Wildman–Crippen LogP) is 3.45. The van der Waals surface area contributed by atoms with Crippen molar-refractivity contribution in [3.63, 3.8) is 0 Å². The van der Waals surface area contributed by atoms with Gasteiger partial charge in [-0.2, -0.15) is 0 Å². The van der Waals surface area contributed by atoms with E-state index in [0.717, 1.165) is 11.3 Å². The van der Waals surface area contributed by atoms with Gasteiger partial charge < -0.3 is 15.8 Å².